The molecular weight excluding hydrogens is 289 g/mol. The van der Waals surface area contributed by atoms with Crippen LogP contribution >= 0.6 is 11.6 Å². The average Bonchev–Trinajstić information content (AvgIpc) is 2.40. The number of ketones is 1. The zero-order valence-electron chi connectivity index (χ0n) is 10.5. The van der Waals surface area contributed by atoms with Gasteiger partial charge < -0.3 is 0 Å². The zero-order chi connectivity index (χ0) is 14.9. The van der Waals surface area contributed by atoms with Crippen LogP contribution in [0.4, 0.5) is 13.2 Å². The fourth-order valence-electron chi connectivity index (χ4n) is 1.90. The number of aryl methyl sites for hydroxylation is 1. The molecule has 2 rings (SSSR count). The second kappa shape index (κ2) is 5.29. The molecule has 0 N–H and O–H groups in total. The molecule has 0 bridgehead atoms. The first-order valence-corrected chi connectivity index (χ1v) is 6.16. The van der Waals surface area contributed by atoms with Crippen molar-refractivity contribution in [1.82, 2.24) is 0 Å². The van der Waals surface area contributed by atoms with Gasteiger partial charge in [-0.25, -0.2) is 0 Å². The quantitative estimate of drug-likeness (QED) is 0.721. The molecule has 104 valence electrons. The van der Waals surface area contributed by atoms with Crippen LogP contribution in [0.25, 0.3) is 0 Å². The molecule has 0 aliphatic rings. The predicted octanol–water partition coefficient (Wildman–Crippen LogP) is 4.90. The Bertz CT molecular complexity index is 662. The smallest absolute Gasteiger partial charge is 0.289 e. The van der Waals surface area contributed by atoms with Gasteiger partial charge in [-0.15, -0.1) is 0 Å². The number of hydrogen-bond donors (Lipinski definition) is 0. The van der Waals surface area contributed by atoms with Crippen LogP contribution in [-0.4, -0.2) is 5.78 Å². The van der Waals surface area contributed by atoms with Gasteiger partial charge in [-0.05, 0) is 24.6 Å². The first kappa shape index (κ1) is 14.6. The van der Waals surface area contributed by atoms with E-state index in [9.17, 15) is 18.0 Å². The number of alkyl halides is 3. The van der Waals surface area contributed by atoms with E-state index in [-0.39, 0.29) is 10.6 Å². The molecule has 0 fully saturated rings. The van der Waals surface area contributed by atoms with Crippen LogP contribution in [0.1, 0.15) is 27.0 Å². The SMILES string of the molecule is Cc1cccc(C(=O)c2ccccc2C(F)(F)F)c1Cl. The summed E-state index contributed by atoms with van der Waals surface area (Å²) in [4.78, 5) is 12.3. The minimum Gasteiger partial charge on any atom is -0.289 e. The molecule has 0 saturated carbocycles. The molecular formula is C15H10ClF3O. The Hall–Kier alpha value is -1.81. The largest absolute Gasteiger partial charge is 0.417 e. The van der Waals surface area contributed by atoms with Gasteiger partial charge >= 0.3 is 6.18 Å². The summed E-state index contributed by atoms with van der Waals surface area (Å²) in [5.74, 6) is -0.730. The van der Waals surface area contributed by atoms with E-state index in [2.05, 4.69) is 0 Å². The highest BCUT2D eigenvalue weighted by atomic mass is 35.5. The molecule has 2 aromatic rings. The van der Waals surface area contributed by atoms with E-state index in [1.165, 1.54) is 18.2 Å². The van der Waals surface area contributed by atoms with Crippen molar-refractivity contribution in [2.75, 3.05) is 0 Å². The third-order valence-corrected chi connectivity index (χ3v) is 3.42. The molecule has 0 saturated heterocycles. The van der Waals surface area contributed by atoms with E-state index in [0.29, 0.717) is 5.56 Å². The number of halogens is 4. The maximum absolute atomic E-state index is 12.9. The number of carbonyl (C=O) groups is 1. The van der Waals surface area contributed by atoms with Crippen LogP contribution in [-0.2, 0) is 6.18 Å². The van der Waals surface area contributed by atoms with Crippen molar-refractivity contribution in [2.24, 2.45) is 0 Å². The normalized spacial score (nSPS) is 11.4. The maximum Gasteiger partial charge on any atom is 0.417 e. The van der Waals surface area contributed by atoms with Gasteiger partial charge in [0.15, 0.2) is 5.78 Å². The summed E-state index contributed by atoms with van der Waals surface area (Å²) in [5.41, 5.74) is -0.638. The Morgan fingerprint density at radius 1 is 1.00 bits per heavy atom. The summed E-state index contributed by atoms with van der Waals surface area (Å²) in [7, 11) is 0. The molecule has 0 unspecified atom stereocenters. The molecule has 0 atom stereocenters. The molecule has 2 aromatic carbocycles. The van der Waals surface area contributed by atoms with Gasteiger partial charge in [0.2, 0.25) is 0 Å². The summed E-state index contributed by atoms with van der Waals surface area (Å²) in [5, 5.41) is 0.175. The molecule has 0 aromatic heterocycles. The highest BCUT2D eigenvalue weighted by Gasteiger charge is 2.35. The third kappa shape index (κ3) is 2.70. The van der Waals surface area contributed by atoms with E-state index >= 15 is 0 Å². The molecule has 1 nitrogen and oxygen atoms in total. The van der Waals surface area contributed by atoms with Crippen molar-refractivity contribution in [3.05, 3.63) is 69.7 Å². The number of carbonyl (C=O) groups excluding carboxylic acids is 1. The molecule has 0 amide bonds. The van der Waals surface area contributed by atoms with E-state index in [1.54, 1.807) is 19.1 Å². The summed E-state index contributed by atoms with van der Waals surface area (Å²) < 4.78 is 38.8. The number of benzene rings is 2. The van der Waals surface area contributed by atoms with Gasteiger partial charge in [-0.3, -0.25) is 4.79 Å². The van der Waals surface area contributed by atoms with E-state index in [0.717, 1.165) is 12.1 Å². The van der Waals surface area contributed by atoms with E-state index < -0.39 is 23.1 Å². The second-order valence-electron chi connectivity index (χ2n) is 4.31. The molecule has 5 heteroatoms. The summed E-state index contributed by atoms with van der Waals surface area (Å²) in [6, 6.07) is 9.38. The summed E-state index contributed by atoms with van der Waals surface area (Å²) in [6.07, 6.45) is -4.58. The molecule has 0 radical (unpaired) electrons. The Morgan fingerprint density at radius 2 is 1.60 bits per heavy atom. The van der Waals surface area contributed by atoms with Crippen LogP contribution in [0.5, 0.6) is 0 Å². The Kier molecular flexibility index (Phi) is 3.86. The molecule has 0 aliphatic heterocycles. The number of rotatable bonds is 2. The van der Waals surface area contributed by atoms with Crippen molar-refractivity contribution in [3.63, 3.8) is 0 Å². The van der Waals surface area contributed by atoms with Gasteiger partial charge in [-0.2, -0.15) is 13.2 Å². The Balaban J connectivity index is 2.58. The molecule has 0 heterocycles. The predicted molar refractivity (Wildman–Crippen MR) is 71.1 cm³/mol. The lowest BCUT2D eigenvalue weighted by Gasteiger charge is -2.12. The second-order valence-corrected chi connectivity index (χ2v) is 4.69. The van der Waals surface area contributed by atoms with Gasteiger partial charge in [0.25, 0.3) is 0 Å². The first-order valence-electron chi connectivity index (χ1n) is 5.78. The zero-order valence-corrected chi connectivity index (χ0v) is 11.2. The minimum atomic E-state index is -4.58. The van der Waals surface area contributed by atoms with Crippen LogP contribution in [0, 0.1) is 6.92 Å². The van der Waals surface area contributed by atoms with Gasteiger partial charge in [0.1, 0.15) is 0 Å². The number of hydrogen-bond acceptors (Lipinski definition) is 1. The van der Waals surface area contributed by atoms with Gasteiger partial charge in [0.05, 0.1) is 10.6 Å². The van der Waals surface area contributed by atoms with Gasteiger partial charge in [-0.1, -0.05) is 41.9 Å². The summed E-state index contributed by atoms with van der Waals surface area (Å²) in [6.45, 7) is 1.69. The lowest BCUT2D eigenvalue weighted by molar-refractivity contribution is -0.137. The monoisotopic (exact) mass is 298 g/mol. The maximum atomic E-state index is 12.9. The van der Waals surface area contributed by atoms with Crippen LogP contribution < -0.4 is 0 Å². The highest BCUT2D eigenvalue weighted by Crippen LogP contribution is 2.34. The lowest BCUT2D eigenvalue weighted by Crippen LogP contribution is -2.14. The topological polar surface area (TPSA) is 17.1 Å². The van der Waals surface area contributed by atoms with Crippen molar-refractivity contribution in [1.29, 1.82) is 0 Å². The van der Waals surface area contributed by atoms with Crippen molar-refractivity contribution in [2.45, 2.75) is 13.1 Å². The van der Waals surface area contributed by atoms with Crippen molar-refractivity contribution < 1.29 is 18.0 Å². The summed E-state index contributed by atoms with van der Waals surface area (Å²) >= 11 is 6.00. The fraction of sp³-hybridized carbons (Fsp3) is 0.133. The van der Waals surface area contributed by atoms with Crippen LogP contribution in [0.15, 0.2) is 42.5 Å². The standard InChI is InChI=1S/C15H10ClF3O/c1-9-5-4-7-11(13(9)16)14(20)10-6-2-3-8-12(10)15(17,18)19/h2-8H,1H3. The average molecular weight is 299 g/mol. The van der Waals surface area contributed by atoms with E-state index in [1.807, 2.05) is 0 Å². The Labute approximate surface area is 119 Å². The first-order chi connectivity index (χ1) is 9.32. The minimum absolute atomic E-state index is 0.0726. The highest BCUT2D eigenvalue weighted by molar-refractivity contribution is 6.35. The molecule has 20 heavy (non-hydrogen) atoms. The third-order valence-electron chi connectivity index (χ3n) is 2.91. The van der Waals surface area contributed by atoms with Crippen LogP contribution in [0.3, 0.4) is 0 Å². The Morgan fingerprint density at radius 3 is 2.25 bits per heavy atom. The van der Waals surface area contributed by atoms with Gasteiger partial charge in [0, 0.05) is 11.1 Å². The molecule has 0 aliphatic carbocycles. The van der Waals surface area contributed by atoms with Crippen molar-refractivity contribution >= 4 is 17.4 Å². The van der Waals surface area contributed by atoms with Crippen LogP contribution in [0.2, 0.25) is 5.02 Å². The molecule has 0 spiro atoms. The van der Waals surface area contributed by atoms with Crippen molar-refractivity contribution in [3.8, 4) is 0 Å². The lowest BCUT2D eigenvalue weighted by atomic mass is 9.97. The van der Waals surface area contributed by atoms with E-state index in [4.69, 9.17) is 11.6 Å². The fourth-order valence-corrected chi connectivity index (χ4v) is 2.11.